The SMILES string of the molecule is [In+3].[O]=[Mn](=[O])(=[O])[O-].[O]=[Mn](=[O])(=[O])[O-].[O]=[Mn](=[O])(=[O])[O-]. The van der Waals surface area contributed by atoms with Gasteiger partial charge in [0.25, 0.3) is 0 Å². The van der Waals surface area contributed by atoms with E-state index in [1.165, 1.54) is 0 Å². The summed E-state index contributed by atoms with van der Waals surface area (Å²) in [5.41, 5.74) is 0. The van der Waals surface area contributed by atoms with Gasteiger partial charge < -0.3 is 0 Å². The predicted octanol–water partition coefficient (Wildman–Crippen LogP) is -5.02. The molecular formula is InMn3O12. The maximum absolute atomic E-state index is 8.58. The van der Waals surface area contributed by atoms with Crippen molar-refractivity contribution in [2.75, 3.05) is 0 Å². The molecule has 0 fully saturated rings. The van der Waals surface area contributed by atoms with Crippen molar-refractivity contribution in [1.29, 1.82) is 0 Å². The Morgan fingerprint density at radius 3 is 0.438 bits per heavy atom. The summed E-state index contributed by atoms with van der Waals surface area (Å²) < 4.78 is 103. The van der Waals surface area contributed by atoms with Crippen molar-refractivity contribution >= 4 is 25.8 Å². The van der Waals surface area contributed by atoms with Crippen LogP contribution in [0, 0.1) is 0 Å². The van der Waals surface area contributed by atoms with Crippen LogP contribution in [-0.2, 0) is 73.4 Å². The molecule has 0 spiro atoms. The normalized spacial score (nSPS) is 10.7. The Kier molecular flexibility index (Phi) is 15.1. The molecule has 0 aromatic rings. The third-order valence-corrected chi connectivity index (χ3v) is 0. The standard InChI is InChI=1S/In.3Mn.12O/q+3;;;;;;;;;;;;;3*-1. The van der Waals surface area contributed by atoms with Crippen LogP contribution < -0.4 is 12.6 Å². The molecule has 0 atom stereocenters. The Morgan fingerprint density at radius 1 is 0.438 bits per heavy atom. The number of hydrogen-bond donors (Lipinski definition) is 0. The molecule has 0 radical (unpaired) electrons. The molecule has 0 bridgehead atoms. The fourth-order valence-corrected chi connectivity index (χ4v) is 0. The van der Waals surface area contributed by atoms with Crippen LogP contribution in [0.2, 0.25) is 0 Å². The summed E-state index contributed by atoms with van der Waals surface area (Å²) in [6.07, 6.45) is 0. The van der Waals surface area contributed by atoms with E-state index in [1.54, 1.807) is 0 Å². The van der Waals surface area contributed by atoms with E-state index in [-0.39, 0.29) is 25.8 Å². The van der Waals surface area contributed by atoms with Crippen LogP contribution in [0.3, 0.4) is 0 Å². The van der Waals surface area contributed by atoms with E-state index < -0.39 is 38.9 Å². The van der Waals surface area contributed by atoms with Gasteiger partial charge in [0.2, 0.25) is 0 Å². The zero-order valence-electron chi connectivity index (χ0n) is 6.61. The predicted molar refractivity (Wildman–Crippen MR) is 11.9 cm³/mol. The van der Waals surface area contributed by atoms with Gasteiger partial charge in [-0.25, -0.2) is 0 Å². The molecule has 0 saturated carbocycles. The van der Waals surface area contributed by atoms with Crippen molar-refractivity contribution < 1.29 is 86.0 Å². The second-order valence-corrected chi connectivity index (χ2v) is 4.68. The van der Waals surface area contributed by atoms with E-state index in [0.717, 1.165) is 0 Å². The molecule has 0 heterocycles. The first-order valence-corrected chi connectivity index (χ1v) is 7.63. The zero-order chi connectivity index (χ0) is 13.5. The second-order valence-electron chi connectivity index (χ2n) is 1.13. The monoisotopic (exact) mass is 472 g/mol. The Morgan fingerprint density at radius 2 is 0.438 bits per heavy atom. The summed E-state index contributed by atoms with van der Waals surface area (Å²) in [5, 5.41) is 0. The minimum atomic E-state index is -5.62. The van der Waals surface area contributed by atoms with E-state index in [1.807, 2.05) is 0 Å². The van der Waals surface area contributed by atoms with Crippen LogP contribution in [0.25, 0.3) is 0 Å². The minimum absolute atomic E-state index is 0. The van der Waals surface area contributed by atoms with Gasteiger partial charge in [0.15, 0.2) is 0 Å². The van der Waals surface area contributed by atoms with Crippen molar-refractivity contribution in [2.24, 2.45) is 0 Å². The van der Waals surface area contributed by atoms with Crippen LogP contribution in [0.1, 0.15) is 0 Å². The second kappa shape index (κ2) is 9.53. The van der Waals surface area contributed by atoms with Crippen molar-refractivity contribution in [3.63, 3.8) is 0 Å². The molecule has 0 amide bonds. The molecule has 0 saturated heterocycles. The van der Waals surface area contributed by atoms with E-state index in [4.69, 9.17) is 47.1 Å². The van der Waals surface area contributed by atoms with Gasteiger partial charge in [-0.2, -0.15) is 0 Å². The van der Waals surface area contributed by atoms with Gasteiger partial charge in [-0.15, -0.1) is 0 Å². The first-order valence-electron chi connectivity index (χ1n) is 1.85. The van der Waals surface area contributed by atoms with Gasteiger partial charge in [-0.05, 0) is 0 Å². The molecule has 0 N–H and O–H groups in total. The molecule has 0 unspecified atom stereocenters. The van der Waals surface area contributed by atoms with Gasteiger partial charge in [-0.1, -0.05) is 0 Å². The Labute approximate surface area is 111 Å². The van der Waals surface area contributed by atoms with E-state index in [0.29, 0.717) is 0 Å². The summed E-state index contributed by atoms with van der Waals surface area (Å²) in [6.45, 7) is 0. The first kappa shape index (κ1) is 25.4. The zero-order valence-corrected chi connectivity index (χ0v) is 13.4. The molecule has 0 aromatic heterocycles. The molecule has 0 aromatic carbocycles. The quantitative estimate of drug-likeness (QED) is 0.303. The summed E-state index contributed by atoms with van der Waals surface area (Å²) in [6, 6.07) is 0. The van der Waals surface area contributed by atoms with Gasteiger partial charge in [0, 0.05) is 0 Å². The van der Waals surface area contributed by atoms with E-state index in [9.17, 15) is 0 Å². The van der Waals surface area contributed by atoms with Crippen LogP contribution >= 0.6 is 0 Å². The third-order valence-electron chi connectivity index (χ3n) is 0. The molecule has 12 nitrogen and oxygen atoms in total. The molecule has 0 aliphatic rings. The van der Waals surface area contributed by atoms with Crippen molar-refractivity contribution in [2.45, 2.75) is 0 Å². The maximum atomic E-state index is 8.58. The summed E-state index contributed by atoms with van der Waals surface area (Å²) >= 11 is -16.9. The van der Waals surface area contributed by atoms with E-state index >= 15 is 0 Å². The molecule has 16 heteroatoms. The van der Waals surface area contributed by atoms with E-state index in [2.05, 4.69) is 0 Å². The first-order chi connectivity index (χ1) is 6.00. The van der Waals surface area contributed by atoms with Crippen LogP contribution in [-0.4, -0.2) is 25.8 Å². The van der Waals surface area contributed by atoms with Crippen molar-refractivity contribution in [3.05, 3.63) is 0 Å². The van der Waals surface area contributed by atoms with Crippen LogP contribution in [0.15, 0.2) is 0 Å². The molecule has 0 rings (SSSR count). The molecule has 16 heavy (non-hydrogen) atoms. The molecular weight excluding hydrogens is 472 g/mol. The average molecular weight is 472 g/mol. The van der Waals surface area contributed by atoms with Crippen LogP contribution in [0.5, 0.6) is 0 Å². The van der Waals surface area contributed by atoms with Gasteiger partial charge in [-0.3, -0.25) is 0 Å². The van der Waals surface area contributed by atoms with Gasteiger partial charge in [0.05, 0.1) is 0 Å². The van der Waals surface area contributed by atoms with Gasteiger partial charge >= 0.3 is 112 Å². The van der Waals surface area contributed by atoms with Crippen molar-refractivity contribution in [1.82, 2.24) is 0 Å². The molecule has 0 aliphatic carbocycles. The Hall–Kier alpha value is 0.509. The Balaban J connectivity index is -0.0000000655. The third kappa shape index (κ3) is 10200. The Bertz CT molecular complexity index is 480. The van der Waals surface area contributed by atoms with Crippen LogP contribution in [0.4, 0.5) is 0 Å². The fraction of sp³-hybridized carbons (Fsp3) is 0. The topological polar surface area (TPSA) is 223 Å². The molecule has 96 valence electrons. The molecule has 0 aliphatic heterocycles. The summed E-state index contributed by atoms with van der Waals surface area (Å²) in [4.78, 5) is 0. The van der Waals surface area contributed by atoms with Gasteiger partial charge in [0.1, 0.15) is 0 Å². The van der Waals surface area contributed by atoms with Crippen molar-refractivity contribution in [3.8, 4) is 0 Å². The summed E-state index contributed by atoms with van der Waals surface area (Å²) in [7, 11) is 0. The average Bonchev–Trinajstić information content (AvgIpc) is 1.41. The summed E-state index contributed by atoms with van der Waals surface area (Å²) in [5.74, 6) is 0. The number of hydrogen-bond acceptors (Lipinski definition) is 12. The fourth-order valence-electron chi connectivity index (χ4n) is 0. The number of rotatable bonds is 0.